The fraction of sp³-hybridized carbons (Fsp3) is 0.841. The molecular formula is C63H112O12. The number of hydrogen-bond donors (Lipinski definition) is 3. The van der Waals surface area contributed by atoms with Crippen LogP contribution in [0.5, 0.6) is 0 Å². The number of aliphatic hydroxyl groups excluding tert-OH is 2. The summed E-state index contributed by atoms with van der Waals surface area (Å²) < 4.78 is 28.4. The number of carbonyl (C=O) groups excluding carboxylic acids is 3. The second-order valence-electron chi connectivity index (χ2n) is 21.3. The van der Waals surface area contributed by atoms with Crippen LogP contribution in [0.2, 0.25) is 0 Å². The van der Waals surface area contributed by atoms with Gasteiger partial charge < -0.3 is 39.0 Å². The van der Waals surface area contributed by atoms with Crippen LogP contribution in [-0.2, 0) is 42.9 Å². The first-order valence-corrected chi connectivity index (χ1v) is 31.0. The van der Waals surface area contributed by atoms with E-state index in [0.717, 1.165) is 77.0 Å². The van der Waals surface area contributed by atoms with E-state index in [1.54, 1.807) is 0 Å². The summed E-state index contributed by atoms with van der Waals surface area (Å²) >= 11 is 0. The van der Waals surface area contributed by atoms with Crippen LogP contribution in [0.1, 0.15) is 290 Å². The number of carboxylic acids is 1. The van der Waals surface area contributed by atoms with Gasteiger partial charge in [-0.2, -0.15) is 0 Å². The molecule has 0 bridgehead atoms. The molecule has 3 N–H and O–H groups in total. The fourth-order valence-electron chi connectivity index (χ4n) is 9.50. The molecule has 6 atom stereocenters. The zero-order chi connectivity index (χ0) is 54.7. The van der Waals surface area contributed by atoms with Gasteiger partial charge in [0.05, 0.1) is 6.61 Å². The predicted octanol–water partition coefficient (Wildman–Crippen LogP) is 16.0. The van der Waals surface area contributed by atoms with Gasteiger partial charge in [0.25, 0.3) is 0 Å². The van der Waals surface area contributed by atoms with Crippen LogP contribution < -0.4 is 0 Å². The Morgan fingerprint density at radius 1 is 0.453 bits per heavy atom. The van der Waals surface area contributed by atoms with Crippen molar-refractivity contribution in [1.29, 1.82) is 0 Å². The summed E-state index contributed by atoms with van der Waals surface area (Å²) in [6.45, 7) is 5.89. The van der Waals surface area contributed by atoms with Crippen molar-refractivity contribution in [2.24, 2.45) is 0 Å². The maximum absolute atomic E-state index is 13.1. The third kappa shape index (κ3) is 41.7. The monoisotopic (exact) mass is 1060 g/mol. The smallest absolute Gasteiger partial charge is 0.335 e. The van der Waals surface area contributed by atoms with Gasteiger partial charge in [-0.3, -0.25) is 14.4 Å². The molecule has 0 aromatic carbocycles. The Kier molecular flexibility index (Phi) is 48.2. The average molecular weight is 1060 g/mol. The van der Waals surface area contributed by atoms with E-state index in [1.807, 2.05) is 0 Å². The highest BCUT2D eigenvalue weighted by molar-refractivity contribution is 5.74. The summed E-state index contributed by atoms with van der Waals surface area (Å²) in [6.07, 6.45) is 48.3. The highest BCUT2D eigenvalue weighted by Crippen LogP contribution is 2.27. The summed E-state index contributed by atoms with van der Waals surface area (Å²) in [5.41, 5.74) is 0. The minimum absolute atomic E-state index is 0.0638. The minimum atomic E-state index is -1.90. The Morgan fingerprint density at radius 2 is 0.840 bits per heavy atom. The summed E-state index contributed by atoms with van der Waals surface area (Å²) in [5.74, 6) is -3.13. The number of ether oxygens (including phenoxy) is 5. The molecule has 0 saturated carbocycles. The number of allylic oxidation sites excluding steroid dienone is 6. The van der Waals surface area contributed by atoms with Crippen molar-refractivity contribution in [3.63, 3.8) is 0 Å². The van der Waals surface area contributed by atoms with Crippen molar-refractivity contribution in [2.45, 2.75) is 327 Å². The van der Waals surface area contributed by atoms with Gasteiger partial charge >= 0.3 is 23.9 Å². The molecule has 0 radical (unpaired) electrons. The molecule has 1 rings (SSSR count). The highest BCUT2D eigenvalue weighted by Gasteiger charge is 2.50. The van der Waals surface area contributed by atoms with E-state index < -0.39 is 67.3 Å². The molecule has 0 aromatic heterocycles. The largest absolute Gasteiger partial charge is 0.479 e. The first-order chi connectivity index (χ1) is 36.6. The summed E-state index contributed by atoms with van der Waals surface area (Å²) in [4.78, 5) is 51.1. The van der Waals surface area contributed by atoms with Crippen molar-refractivity contribution in [1.82, 2.24) is 0 Å². The van der Waals surface area contributed by atoms with Crippen LogP contribution in [0.25, 0.3) is 0 Å². The van der Waals surface area contributed by atoms with E-state index in [0.29, 0.717) is 19.3 Å². The molecule has 1 aliphatic rings. The average Bonchev–Trinajstić information content (AvgIpc) is 3.39. The van der Waals surface area contributed by atoms with E-state index >= 15 is 0 Å². The second-order valence-corrected chi connectivity index (χ2v) is 21.3. The number of rotatable bonds is 53. The van der Waals surface area contributed by atoms with Crippen molar-refractivity contribution < 1.29 is 58.2 Å². The predicted molar refractivity (Wildman–Crippen MR) is 303 cm³/mol. The summed E-state index contributed by atoms with van der Waals surface area (Å²) in [6, 6.07) is 0. The number of aliphatic carboxylic acids is 1. The second kappa shape index (κ2) is 51.7. The van der Waals surface area contributed by atoms with Gasteiger partial charge in [0.15, 0.2) is 24.6 Å². The first-order valence-electron chi connectivity index (χ1n) is 31.0. The SMILES string of the molecule is CC/C=C\C/C=C\C/C=C\CCCCCC(=O)OCC(COC1OC(C(=O)O)C(O)C(O)C1OC(=O)CCCCCCCCCCCCCCCCCCCCC)OC(=O)CCCCCCCCCCCCCCC. The number of carbonyl (C=O) groups is 4. The number of esters is 3. The van der Waals surface area contributed by atoms with Gasteiger partial charge in [0, 0.05) is 19.3 Å². The molecule has 0 spiro atoms. The maximum atomic E-state index is 13.1. The van der Waals surface area contributed by atoms with E-state index in [4.69, 9.17) is 23.7 Å². The molecule has 1 fully saturated rings. The lowest BCUT2D eigenvalue weighted by atomic mass is 9.98. The molecule has 12 heteroatoms. The van der Waals surface area contributed by atoms with Crippen LogP contribution in [-0.4, -0.2) is 89.2 Å². The number of aliphatic hydroxyl groups is 2. The van der Waals surface area contributed by atoms with Gasteiger partial charge in [-0.05, 0) is 51.4 Å². The lowest BCUT2D eigenvalue weighted by molar-refractivity contribution is -0.301. The molecule has 1 aliphatic heterocycles. The molecule has 1 saturated heterocycles. The normalized spacial score (nSPS) is 18.3. The standard InChI is InChI=1S/C63H112O12/c1-4-7-10-13-16-19-22-25-26-27-28-29-30-33-36-39-42-45-48-51-57(66)74-61-59(68)58(67)60(62(69)70)75-63(61)72-53-54(73-56(65)50-47-44-41-38-35-32-24-21-18-15-12-9-6-3)52-71-55(64)49-46-43-40-37-34-31-23-20-17-14-11-8-5-2/h8,11,17,20,31,34,54,58-61,63,67-68H,4-7,9-10,12-16,18-19,21-30,32-33,35-53H2,1-3H3,(H,69,70)/b11-8-,20-17-,34-31-. The third-order valence-electron chi connectivity index (χ3n) is 14.2. The maximum Gasteiger partial charge on any atom is 0.335 e. The van der Waals surface area contributed by atoms with Gasteiger partial charge in [-0.15, -0.1) is 0 Å². The third-order valence-corrected chi connectivity index (χ3v) is 14.2. The quantitative estimate of drug-likeness (QED) is 0.0228. The van der Waals surface area contributed by atoms with Crippen molar-refractivity contribution in [3.05, 3.63) is 36.5 Å². The van der Waals surface area contributed by atoms with Gasteiger partial charge in [0.2, 0.25) is 0 Å². The molecule has 75 heavy (non-hydrogen) atoms. The molecule has 0 amide bonds. The van der Waals surface area contributed by atoms with Gasteiger partial charge in [-0.1, -0.05) is 256 Å². The number of carboxylic acid groups (broad SMARTS) is 1. The summed E-state index contributed by atoms with van der Waals surface area (Å²) in [7, 11) is 0. The van der Waals surface area contributed by atoms with Crippen LogP contribution in [0.4, 0.5) is 0 Å². The molecule has 0 aromatic rings. The Bertz CT molecular complexity index is 1450. The Hall–Kier alpha value is -3.06. The zero-order valence-electron chi connectivity index (χ0n) is 48.1. The van der Waals surface area contributed by atoms with Gasteiger partial charge in [-0.25, -0.2) is 4.79 Å². The van der Waals surface area contributed by atoms with E-state index in [2.05, 4.69) is 57.2 Å². The van der Waals surface area contributed by atoms with E-state index in [9.17, 15) is 34.5 Å². The summed E-state index contributed by atoms with van der Waals surface area (Å²) in [5, 5.41) is 31.5. The van der Waals surface area contributed by atoms with Crippen LogP contribution >= 0.6 is 0 Å². The Labute approximate surface area is 457 Å². The zero-order valence-corrected chi connectivity index (χ0v) is 48.1. The minimum Gasteiger partial charge on any atom is -0.479 e. The van der Waals surface area contributed by atoms with E-state index in [1.165, 1.54) is 154 Å². The lowest BCUT2D eigenvalue weighted by Crippen LogP contribution is -2.61. The van der Waals surface area contributed by atoms with Crippen molar-refractivity contribution in [2.75, 3.05) is 13.2 Å². The van der Waals surface area contributed by atoms with Crippen molar-refractivity contribution in [3.8, 4) is 0 Å². The molecule has 1 heterocycles. The fourth-order valence-corrected chi connectivity index (χ4v) is 9.50. The molecule has 6 unspecified atom stereocenters. The number of unbranched alkanes of at least 4 members (excludes halogenated alkanes) is 33. The van der Waals surface area contributed by atoms with Gasteiger partial charge in [0.1, 0.15) is 18.8 Å². The first kappa shape index (κ1) is 70.0. The van der Waals surface area contributed by atoms with Crippen LogP contribution in [0.3, 0.4) is 0 Å². The van der Waals surface area contributed by atoms with E-state index in [-0.39, 0.29) is 25.9 Å². The Balaban J connectivity index is 2.64. The topological polar surface area (TPSA) is 175 Å². The van der Waals surface area contributed by atoms with Crippen LogP contribution in [0, 0.1) is 0 Å². The van der Waals surface area contributed by atoms with Crippen LogP contribution in [0.15, 0.2) is 36.5 Å². The molecular weight excluding hydrogens is 949 g/mol. The number of hydrogen-bond acceptors (Lipinski definition) is 11. The highest BCUT2D eigenvalue weighted by atomic mass is 16.7. The molecule has 436 valence electrons. The van der Waals surface area contributed by atoms with Crippen molar-refractivity contribution >= 4 is 23.9 Å². The molecule has 12 nitrogen and oxygen atoms in total. The Morgan fingerprint density at radius 3 is 1.28 bits per heavy atom. The lowest BCUT2D eigenvalue weighted by Gasteiger charge is -2.40. The molecule has 0 aliphatic carbocycles.